The van der Waals surface area contributed by atoms with Crippen molar-refractivity contribution in [2.24, 2.45) is 0 Å². The third-order valence-electron chi connectivity index (χ3n) is 3.84. The Morgan fingerprint density at radius 2 is 1.04 bits per heavy atom. The van der Waals surface area contributed by atoms with Crippen LogP contribution in [-0.2, 0) is 0 Å². The molecule has 3 aromatic rings. The van der Waals surface area contributed by atoms with Crippen LogP contribution < -0.4 is 9.80 Å². The average molecular weight is 332 g/mol. The van der Waals surface area contributed by atoms with Gasteiger partial charge in [0.1, 0.15) is 0 Å². The third-order valence-corrected chi connectivity index (χ3v) is 4.24. The van der Waals surface area contributed by atoms with Crippen molar-refractivity contribution in [1.29, 1.82) is 0 Å². The fourth-order valence-corrected chi connectivity index (χ4v) is 3.13. The van der Waals surface area contributed by atoms with E-state index in [1.165, 1.54) is 0 Å². The third kappa shape index (κ3) is 3.47. The summed E-state index contributed by atoms with van der Waals surface area (Å²) in [6.07, 6.45) is 0. The molecular formula is C21H20N2S. The van der Waals surface area contributed by atoms with Crippen LogP contribution in [0.4, 0.5) is 17.1 Å². The minimum atomic E-state index is 0.765. The summed E-state index contributed by atoms with van der Waals surface area (Å²) in [6, 6.07) is 30.8. The van der Waals surface area contributed by atoms with Crippen LogP contribution in [0.25, 0.3) is 0 Å². The van der Waals surface area contributed by atoms with E-state index in [1.807, 2.05) is 54.6 Å². The second-order valence-corrected chi connectivity index (χ2v) is 5.73. The maximum Gasteiger partial charge on any atom is 0.185 e. The molecule has 0 saturated heterocycles. The van der Waals surface area contributed by atoms with Crippen LogP contribution in [0.5, 0.6) is 0 Å². The number of hydrogen-bond acceptors (Lipinski definition) is 1. The van der Waals surface area contributed by atoms with Gasteiger partial charge in [0.2, 0.25) is 0 Å². The molecule has 0 amide bonds. The van der Waals surface area contributed by atoms with E-state index >= 15 is 0 Å². The summed E-state index contributed by atoms with van der Waals surface area (Å²) >= 11 is 5.89. The monoisotopic (exact) mass is 332 g/mol. The van der Waals surface area contributed by atoms with Crippen molar-refractivity contribution in [3.63, 3.8) is 0 Å². The van der Waals surface area contributed by atoms with E-state index < -0.39 is 0 Å². The van der Waals surface area contributed by atoms with E-state index in [2.05, 4.69) is 53.1 Å². The molecule has 0 heterocycles. The summed E-state index contributed by atoms with van der Waals surface area (Å²) in [5.74, 6) is 0. The maximum atomic E-state index is 5.89. The molecule has 0 atom stereocenters. The molecule has 2 nitrogen and oxygen atoms in total. The number of para-hydroxylation sites is 3. The molecule has 0 saturated carbocycles. The molecule has 0 aromatic heterocycles. The zero-order valence-electron chi connectivity index (χ0n) is 13.7. The summed E-state index contributed by atoms with van der Waals surface area (Å²) in [5.41, 5.74) is 3.22. The highest BCUT2D eigenvalue weighted by molar-refractivity contribution is 7.80. The van der Waals surface area contributed by atoms with Crippen molar-refractivity contribution in [3.05, 3.63) is 91.0 Å². The number of hydrogen-bond donors (Lipinski definition) is 0. The number of benzene rings is 3. The number of anilines is 3. The predicted octanol–water partition coefficient (Wildman–Crippen LogP) is 5.64. The summed E-state index contributed by atoms with van der Waals surface area (Å²) in [7, 11) is 0. The summed E-state index contributed by atoms with van der Waals surface area (Å²) in [6.45, 7) is 2.92. The number of rotatable bonds is 4. The molecule has 0 N–H and O–H groups in total. The minimum absolute atomic E-state index is 0.765. The lowest BCUT2D eigenvalue weighted by Crippen LogP contribution is -2.40. The van der Waals surface area contributed by atoms with Gasteiger partial charge in [-0.15, -0.1) is 0 Å². The quantitative estimate of drug-likeness (QED) is 0.571. The van der Waals surface area contributed by atoms with Gasteiger partial charge in [-0.05, 0) is 55.5 Å². The molecule has 0 aliphatic rings. The molecule has 120 valence electrons. The highest BCUT2D eigenvalue weighted by Gasteiger charge is 2.20. The van der Waals surface area contributed by atoms with Crippen LogP contribution in [0.1, 0.15) is 6.92 Å². The summed E-state index contributed by atoms with van der Waals surface area (Å²) in [5, 5.41) is 0.765. The first-order valence-corrected chi connectivity index (χ1v) is 8.49. The minimum Gasteiger partial charge on any atom is -0.319 e. The van der Waals surface area contributed by atoms with Gasteiger partial charge in [0.25, 0.3) is 0 Å². The van der Waals surface area contributed by atoms with Crippen LogP contribution in [0.2, 0.25) is 0 Å². The van der Waals surface area contributed by atoms with Gasteiger partial charge in [0, 0.05) is 23.6 Å². The van der Waals surface area contributed by atoms with Crippen molar-refractivity contribution >= 4 is 34.4 Å². The van der Waals surface area contributed by atoms with Gasteiger partial charge >= 0.3 is 0 Å². The average Bonchev–Trinajstić information content (AvgIpc) is 2.65. The topological polar surface area (TPSA) is 6.48 Å². The van der Waals surface area contributed by atoms with E-state index in [0.29, 0.717) is 0 Å². The first-order chi connectivity index (χ1) is 11.8. The molecule has 3 aromatic carbocycles. The van der Waals surface area contributed by atoms with Crippen LogP contribution >= 0.6 is 12.2 Å². The molecule has 24 heavy (non-hydrogen) atoms. The lowest BCUT2D eigenvalue weighted by Gasteiger charge is -2.33. The zero-order chi connectivity index (χ0) is 16.8. The zero-order valence-corrected chi connectivity index (χ0v) is 14.5. The molecule has 3 rings (SSSR count). The van der Waals surface area contributed by atoms with Crippen molar-refractivity contribution < 1.29 is 0 Å². The van der Waals surface area contributed by atoms with Crippen LogP contribution in [-0.4, -0.2) is 11.7 Å². The fraction of sp³-hybridized carbons (Fsp3) is 0.0952. The lowest BCUT2D eigenvalue weighted by atomic mass is 10.2. The number of thiocarbonyl (C=S) groups is 1. The van der Waals surface area contributed by atoms with Gasteiger partial charge in [0.15, 0.2) is 5.11 Å². The normalized spacial score (nSPS) is 10.2. The Morgan fingerprint density at radius 3 is 1.42 bits per heavy atom. The van der Waals surface area contributed by atoms with E-state index in [9.17, 15) is 0 Å². The molecule has 3 heteroatoms. The van der Waals surface area contributed by atoms with E-state index in [4.69, 9.17) is 12.2 Å². The van der Waals surface area contributed by atoms with Gasteiger partial charge in [0.05, 0.1) is 0 Å². The Hall–Kier alpha value is -2.65. The van der Waals surface area contributed by atoms with Crippen molar-refractivity contribution in [1.82, 2.24) is 0 Å². The summed E-state index contributed by atoms with van der Waals surface area (Å²) in [4.78, 5) is 4.27. The van der Waals surface area contributed by atoms with E-state index in [0.717, 1.165) is 28.7 Å². The Morgan fingerprint density at radius 1 is 0.667 bits per heavy atom. The van der Waals surface area contributed by atoms with Crippen molar-refractivity contribution in [2.75, 3.05) is 16.3 Å². The molecule has 0 radical (unpaired) electrons. The highest BCUT2D eigenvalue weighted by atomic mass is 32.1. The molecule has 0 aliphatic carbocycles. The Labute approximate surface area is 149 Å². The van der Waals surface area contributed by atoms with Gasteiger partial charge in [-0.3, -0.25) is 4.90 Å². The second-order valence-electron chi connectivity index (χ2n) is 5.37. The lowest BCUT2D eigenvalue weighted by molar-refractivity contribution is 1.05. The van der Waals surface area contributed by atoms with Crippen LogP contribution in [0, 0.1) is 0 Å². The number of nitrogens with zero attached hydrogens (tertiary/aromatic N) is 2. The Bertz CT molecular complexity index is 733. The summed E-state index contributed by atoms with van der Waals surface area (Å²) < 4.78 is 0. The Balaban J connectivity index is 2.03. The van der Waals surface area contributed by atoms with Crippen molar-refractivity contribution in [2.45, 2.75) is 6.92 Å². The SMILES string of the molecule is CCN(C(=S)N(c1ccccc1)c1ccccc1)c1ccccc1. The van der Waals surface area contributed by atoms with Gasteiger partial charge < -0.3 is 4.90 Å². The van der Waals surface area contributed by atoms with Crippen LogP contribution in [0.15, 0.2) is 91.0 Å². The molecular weight excluding hydrogens is 312 g/mol. The smallest absolute Gasteiger partial charge is 0.185 e. The first kappa shape index (κ1) is 16.2. The van der Waals surface area contributed by atoms with Crippen LogP contribution in [0.3, 0.4) is 0 Å². The van der Waals surface area contributed by atoms with E-state index in [-0.39, 0.29) is 0 Å². The standard InChI is InChI=1S/C21H20N2S/c1-2-22(18-12-6-3-7-13-18)21(24)23(19-14-8-4-9-15-19)20-16-10-5-11-17-20/h3-17H,2H2,1H3. The molecule has 0 aliphatic heterocycles. The first-order valence-electron chi connectivity index (χ1n) is 8.08. The maximum absolute atomic E-state index is 5.89. The molecule has 0 fully saturated rings. The second kappa shape index (κ2) is 7.75. The molecule has 0 bridgehead atoms. The van der Waals surface area contributed by atoms with Gasteiger partial charge in [-0.2, -0.15) is 0 Å². The van der Waals surface area contributed by atoms with Crippen molar-refractivity contribution in [3.8, 4) is 0 Å². The van der Waals surface area contributed by atoms with E-state index in [1.54, 1.807) is 0 Å². The highest BCUT2D eigenvalue weighted by Crippen LogP contribution is 2.28. The Kier molecular flexibility index (Phi) is 5.24. The molecule has 0 spiro atoms. The predicted molar refractivity (Wildman–Crippen MR) is 107 cm³/mol. The van der Waals surface area contributed by atoms with Gasteiger partial charge in [-0.1, -0.05) is 54.6 Å². The molecule has 0 unspecified atom stereocenters. The van der Waals surface area contributed by atoms with Gasteiger partial charge in [-0.25, -0.2) is 0 Å². The largest absolute Gasteiger partial charge is 0.319 e. The fourth-order valence-electron chi connectivity index (χ4n) is 2.68.